The lowest BCUT2D eigenvalue weighted by Crippen LogP contribution is -2.33. The lowest BCUT2D eigenvalue weighted by atomic mass is 9.96. The zero-order chi connectivity index (χ0) is 13.7. The van der Waals surface area contributed by atoms with Gasteiger partial charge in [-0.15, -0.1) is 0 Å². The number of nitrogens with two attached hydrogens (primary N) is 1. The van der Waals surface area contributed by atoms with Crippen molar-refractivity contribution in [1.82, 2.24) is 0 Å². The second-order valence-corrected chi connectivity index (χ2v) is 6.36. The fraction of sp³-hybridized carbons (Fsp3) is 0.625. The highest BCUT2D eigenvalue weighted by Gasteiger charge is 2.24. The molecule has 2 atom stereocenters. The van der Waals surface area contributed by atoms with Crippen LogP contribution in [0, 0.1) is 0 Å². The molecule has 2 nitrogen and oxygen atoms in total. The van der Waals surface area contributed by atoms with Crippen LogP contribution in [0.4, 0.5) is 0 Å². The quantitative estimate of drug-likeness (QED) is 0.860. The van der Waals surface area contributed by atoms with Crippen LogP contribution in [0.2, 0.25) is 0 Å². The van der Waals surface area contributed by atoms with E-state index in [4.69, 9.17) is 10.5 Å². The van der Waals surface area contributed by atoms with Gasteiger partial charge in [0.15, 0.2) is 0 Å². The van der Waals surface area contributed by atoms with Crippen molar-refractivity contribution in [3.63, 3.8) is 0 Å². The summed E-state index contributed by atoms with van der Waals surface area (Å²) in [6, 6.07) is 8.41. The molecule has 2 N–H and O–H groups in total. The van der Waals surface area contributed by atoms with Crippen LogP contribution in [0.1, 0.15) is 57.1 Å². The van der Waals surface area contributed by atoms with Crippen LogP contribution in [-0.4, -0.2) is 12.1 Å². The number of hydrogen-bond donors (Lipinski definition) is 1. The lowest BCUT2D eigenvalue weighted by Gasteiger charge is -2.31. The second-order valence-electron chi connectivity index (χ2n) is 5.44. The molecule has 0 aliphatic heterocycles. The Morgan fingerprint density at radius 1 is 1.32 bits per heavy atom. The van der Waals surface area contributed by atoms with Gasteiger partial charge < -0.3 is 10.5 Å². The Balaban J connectivity index is 2.11. The summed E-state index contributed by atoms with van der Waals surface area (Å²) in [5, 5.41) is 0. The average molecular weight is 326 g/mol. The minimum absolute atomic E-state index is 0.0191. The standard InChI is InChI=1S/C16H24BrNO/c1-2-15(18)16(12-7-6-8-13(17)11-12)19-14-9-4-3-5-10-14/h6-8,11,14-16H,2-5,9-10,18H2,1H3. The monoisotopic (exact) mass is 325 g/mol. The molecule has 0 saturated heterocycles. The van der Waals surface area contributed by atoms with Gasteiger partial charge in [-0.1, -0.05) is 54.2 Å². The number of benzene rings is 1. The molecular formula is C16H24BrNO. The molecule has 0 aromatic heterocycles. The fourth-order valence-electron chi connectivity index (χ4n) is 2.73. The lowest BCUT2D eigenvalue weighted by molar-refractivity contribution is -0.0437. The third kappa shape index (κ3) is 4.30. The highest BCUT2D eigenvalue weighted by molar-refractivity contribution is 9.10. The second kappa shape index (κ2) is 7.41. The van der Waals surface area contributed by atoms with Crippen LogP contribution >= 0.6 is 15.9 Å². The Bertz CT molecular complexity index is 390. The molecule has 1 aliphatic carbocycles. The minimum atomic E-state index is 0.0191. The Labute approximate surface area is 124 Å². The molecule has 19 heavy (non-hydrogen) atoms. The first-order valence-electron chi connectivity index (χ1n) is 7.37. The summed E-state index contributed by atoms with van der Waals surface area (Å²) in [6.07, 6.45) is 7.63. The van der Waals surface area contributed by atoms with E-state index in [2.05, 4.69) is 41.1 Å². The van der Waals surface area contributed by atoms with E-state index in [0.717, 1.165) is 10.9 Å². The maximum Gasteiger partial charge on any atom is 0.0979 e. The summed E-state index contributed by atoms with van der Waals surface area (Å²) in [5.74, 6) is 0. The van der Waals surface area contributed by atoms with E-state index in [1.54, 1.807) is 0 Å². The molecule has 106 valence electrons. The van der Waals surface area contributed by atoms with Crippen molar-refractivity contribution in [2.45, 2.75) is 63.7 Å². The first-order chi connectivity index (χ1) is 9.20. The molecule has 0 spiro atoms. The molecule has 1 aromatic rings. The smallest absolute Gasteiger partial charge is 0.0979 e. The molecule has 1 aliphatic rings. The van der Waals surface area contributed by atoms with Crippen LogP contribution in [0.25, 0.3) is 0 Å². The molecule has 0 amide bonds. The molecule has 2 rings (SSSR count). The van der Waals surface area contributed by atoms with Crippen molar-refractivity contribution in [3.05, 3.63) is 34.3 Å². The van der Waals surface area contributed by atoms with Crippen molar-refractivity contribution in [2.75, 3.05) is 0 Å². The van der Waals surface area contributed by atoms with Crippen molar-refractivity contribution >= 4 is 15.9 Å². The van der Waals surface area contributed by atoms with Crippen LogP contribution in [0.15, 0.2) is 28.7 Å². The molecule has 0 radical (unpaired) electrons. The number of halogens is 1. The highest BCUT2D eigenvalue weighted by Crippen LogP contribution is 2.30. The molecular weight excluding hydrogens is 302 g/mol. The zero-order valence-electron chi connectivity index (χ0n) is 11.6. The largest absolute Gasteiger partial charge is 0.369 e. The van der Waals surface area contributed by atoms with E-state index < -0.39 is 0 Å². The maximum atomic E-state index is 6.34. The summed E-state index contributed by atoms with van der Waals surface area (Å²) in [4.78, 5) is 0. The number of rotatable bonds is 5. The van der Waals surface area contributed by atoms with Crippen molar-refractivity contribution < 1.29 is 4.74 Å². The summed E-state index contributed by atoms with van der Waals surface area (Å²) < 4.78 is 7.43. The topological polar surface area (TPSA) is 35.2 Å². The third-order valence-corrected chi connectivity index (χ3v) is 4.42. The van der Waals surface area contributed by atoms with Crippen LogP contribution in [0.3, 0.4) is 0 Å². The van der Waals surface area contributed by atoms with Gasteiger partial charge in [-0.25, -0.2) is 0 Å². The molecule has 1 fully saturated rings. The van der Waals surface area contributed by atoms with Gasteiger partial charge >= 0.3 is 0 Å². The van der Waals surface area contributed by atoms with Crippen LogP contribution in [-0.2, 0) is 4.74 Å². The van der Waals surface area contributed by atoms with E-state index in [1.807, 2.05) is 6.07 Å². The highest BCUT2D eigenvalue weighted by atomic mass is 79.9. The van der Waals surface area contributed by atoms with Gasteiger partial charge in [-0.2, -0.15) is 0 Å². The van der Waals surface area contributed by atoms with E-state index in [-0.39, 0.29) is 12.1 Å². The van der Waals surface area contributed by atoms with E-state index in [0.29, 0.717) is 6.10 Å². The minimum Gasteiger partial charge on any atom is -0.369 e. The zero-order valence-corrected chi connectivity index (χ0v) is 13.2. The van der Waals surface area contributed by atoms with Gasteiger partial charge in [0.1, 0.15) is 0 Å². The molecule has 3 heteroatoms. The number of ether oxygens (including phenoxy) is 1. The predicted molar refractivity (Wildman–Crippen MR) is 83.1 cm³/mol. The van der Waals surface area contributed by atoms with Crippen molar-refractivity contribution in [3.8, 4) is 0 Å². The number of hydrogen-bond acceptors (Lipinski definition) is 2. The SMILES string of the molecule is CCC(N)C(OC1CCCCC1)c1cccc(Br)c1. The summed E-state index contributed by atoms with van der Waals surface area (Å²) >= 11 is 3.53. The Kier molecular flexibility index (Phi) is 5.86. The maximum absolute atomic E-state index is 6.34. The average Bonchev–Trinajstić information content (AvgIpc) is 2.45. The summed E-state index contributed by atoms with van der Waals surface area (Å²) in [7, 11) is 0. The van der Waals surface area contributed by atoms with Gasteiger partial charge in [0.25, 0.3) is 0 Å². The van der Waals surface area contributed by atoms with E-state index in [1.165, 1.54) is 37.7 Å². The molecule has 1 saturated carbocycles. The fourth-order valence-corrected chi connectivity index (χ4v) is 3.15. The van der Waals surface area contributed by atoms with Gasteiger partial charge in [-0.05, 0) is 37.0 Å². The van der Waals surface area contributed by atoms with Crippen LogP contribution in [0.5, 0.6) is 0 Å². The van der Waals surface area contributed by atoms with Gasteiger partial charge in [-0.3, -0.25) is 0 Å². The van der Waals surface area contributed by atoms with E-state index in [9.17, 15) is 0 Å². The first-order valence-corrected chi connectivity index (χ1v) is 8.16. The van der Waals surface area contributed by atoms with Gasteiger partial charge in [0, 0.05) is 10.5 Å². The molecule has 0 bridgehead atoms. The molecule has 1 aromatic carbocycles. The molecule has 2 unspecified atom stereocenters. The Morgan fingerprint density at radius 3 is 2.68 bits per heavy atom. The van der Waals surface area contributed by atoms with Crippen molar-refractivity contribution in [1.29, 1.82) is 0 Å². The first kappa shape index (κ1) is 15.0. The third-order valence-electron chi connectivity index (χ3n) is 3.93. The normalized spacial score (nSPS) is 20.2. The van der Waals surface area contributed by atoms with Crippen molar-refractivity contribution in [2.24, 2.45) is 5.73 Å². The van der Waals surface area contributed by atoms with Crippen LogP contribution < -0.4 is 5.73 Å². The van der Waals surface area contributed by atoms with E-state index >= 15 is 0 Å². The Morgan fingerprint density at radius 2 is 2.05 bits per heavy atom. The summed E-state index contributed by atoms with van der Waals surface area (Å²) in [5.41, 5.74) is 7.47. The summed E-state index contributed by atoms with van der Waals surface area (Å²) in [6.45, 7) is 2.12. The van der Waals surface area contributed by atoms with Gasteiger partial charge in [0.2, 0.25) is 0 Å². The molecule has 0 heterocycles. The predicted octanol–water partition coefficient (Wildman–Crippen LogP) is 4.58. The van der Waals surface area contributed by atoms with Gasteiger partial charge in [0.05, 0.1) is 12.2 Å². The Hall–Kier alpha value is -0.380.